The van der Waals surface area contributed by atoms with Crippen molar-refractivity contribution in [3.05, 3.63) is 29.8 Å². The van der Waals surface area contributed by atoms with Crippen molar-refractivity contribution in [2.24, 2.45) is 0 Å². The Morgan fingerprint density at radius 2 is 1.89 bits per heavy atom. The Hall–Kier alpha value is -0.940. The van der Waals surface area contributed by atoms with Crippen molar-refractivity contribution in [3.8, 4) is 5.75 Å². The average Bonchev–Trinajstić information content (AvgIpc) is 2.78. The van der Waals surface area contributed by atoms with Gasteiger partial charge in [0.15, 0.2) is 0 Å². The molecule has 0 aromatic heterocycles. The summed E-state index contributed by atoms with van der Waals surface area (Å²) in [5.74, 6) is 0.478. The highest BCUT2D eigenvalue weighted by molar-refractivity contribution is 5.85. The second-order valence-corrected chi connectivity index (χ2v) is 4.13. The average molecular weight is 282 g/mol. The lowest BCUT2D eigenvalue weighted by Crippen LogP contribution is -2.28. The lowest BCUT2D eigenvalue weighted by atomic mass is 10.2. The molecule has 1 aromatic carbocycles. The van der Waals surface area contributed by atoms with Gasteiger partial charge in [0, 0.05) is 6.04 Å². The van der Waals surface area contributed by atoms with Crippen LogP contribution in [0.15, 0.2) is 24.3 Å². The molecule has 18 heavy (non-hydrogen) atoms. The predicted octanol–water partition coefficient (Wildman–Crippen LogP) is 3.26. The third-order valence-corrected chi connectivity index (χ3v) is 2.80. The number of benzene rings is 1. The molecule has 1 N–H and O–H groups in total. The second-order valence-electron chi connectivity index (χ2n) is 4.13. The Morgan fingerprint density at radius 3 is 2.39 bits per heavy atom. The molecule has 102 valence electrons. The van der Waals surface area contributed by atoms with E-state index in [2.05, 4.69) is 5.32 Å². The van der Waals surface area contributed by atoms with Crippen LogP contribution in [0.5, 0.6) is 5.75 Å². The van der Waals surface area contributed by atoms with Crippen LogP contribution in [0.4, 0.5) is 13.2 Å². The molecule has 1 unspecified atom stereocenters. The van der Waals surface area contributed by atoms with Gasteiger partial charge in [-0.3, -0.25) is 0 Å². The SMILES string of the molecule is Cl.FC(F)(F)c1ccc(OCC2CCCN2)cc1. The van der Waals surface area contributed by atoms with E-state index in [1.807, 2.05) is 0 Å². The van der Waals surface area contributed by atoms with Gasteiger partial charge in [-0.25, -0.2) is 0 Å². The third kappa shape index (κ3) is 4.07. The van der Waals surface area contributed by atoms with Crippen LogP contribution in [0.25, 0.3) is 0 Å². The van der Waals surface area contributed by atoms with Gasteiger partial charge >= 0.3 is 6.18 Å². The fourth-order valence-electron chi connectivity index (χ4n) is 1.84. The van der Waals surface area contributed by atoms with Crippen molar-refractivity contribution in [3.63, 3.8) is 0 Å². The van der Waals surface area contributed by atoms with Gasteiger partial charge in [0.05, 0.1) is 5.56 Å². The van der Waals surface area contributed by atoms with E-state index < -0.39 is 11.7 Å². The van der Waals surface area contributed by atoms with Gasteiger partial charge in [-0.15, -0.1) is 12.4 Å². The fraction of sp³-hybridized carbons (Fsp3) is 0.500. The highest BCUT2D eigenvalue weighted by Gasteiger charge is 2.30. The Balaban J connectivity index is 0.00000162. The summed E-state index contributed by atoms with van der Waals surface area (Å²) in [4.78, 5) is 0. The van der Waals surface area contributed by atoms with Crippen molar-refractivity contribution < 1.29 is 17.9 Å². The molecule has 0 amide bonds. The zero-order valence-corrected chi connectivity index (χ0v) is 10.5. The van der Waals surface area contributed by atoms with Gasteiger partial charge < -0.3 is 10.1 Å². The van der Waals surface area contributed by atoms with Crippen molar-refractivity contribution in [1.82, 2.24) is 5.32 Å². The maximum atomic E-state index is 12.3. The highest BCUT2D eigenvalue weighted by Crippen LogP contribution is 2.30. The van der Waals surface area contributed by atoms with Crippen LogP contribution in [0.3, 0.4) is 0 Å². The normalized spacial score (nSPS) is 19.4. The van der Waals surface area contributed by atoms with Crippen LogP contribution >= 0.6 is 12.4 Å². The summed E-state index contributed by atoms with van der Waals surface area (Å²) in [7, 11) is 0. The molecule has 1 aromatic rings. The lowest BCUT2D eigenvalue weighted by Gasteiger charge is -2.13. The smallest absolute Gasteiger partial charge is 0.416 e. The number of nitrogens with one attached hydrogen (secondary N) is 1. The predicted molar refractivity (Wildman–Crippen MR) is 65.2 cm³/mol. The molecule has 1 atom stereocenters. The molecule has 6 heteroatoms. The molecular weight excluding hydrogens is 267 g/mol. The Bertz CT molecular complexity index is 361. The minimum absolute atomic E-state index is 0. The van der Waals surface area contributed by atoms with E-state index in [1.54, 1.807) is 0 Å². The van der Waals surface area contributed by atoms with E-state index in [0.29, 0.717) is 18.4 Å². The molecular formula is C12H15ClF3NO. The minimum Gasteiger partial charge on any atom is -0.492 e. The quantitative estimate of drug-likeness (QED) is 0.918. The van der Waals surface area contributed by atoms with Crippen LogP contribution in [0.1, 0.15) is 18.4 Å². The number of hydrogen-bond acceptors (Lipinski definition) is 2. The van der Waals surface area contributed by atoms with E-state index in [0.717, 1.165) is 31.5 Å². The first-order chi connectivity index (χ1) is 8.05. The van der Waals surface area contributed by atoms with Crippen LogP contribution in [0.2, 0.25) is 0 Å². The number of hydrogen-bond donors (Lipinski definition) is 1. The molecule has 2 rings (SSSR count). The molecule has 2 nitrogen and oxygen atoms in total. The van der Waals surface area contributed by atoms with Crippen molar-refractivity contribution in [2.75, 3.05) is 13.2 Å². The van der Waals surface area contributed by atoms with E-state index in [4.69, 9.17) is 4.74 Å². The summed E-state index contributed by atoms with van der Waals surface area (Å²) in [6, 6.07) is 5.11. The maximum Gasteiger partial charge on any atom is 0.416 e. The van der Waals surface area contributed by atoms with E-state index >= 15 is 0 Å². The monoisotopic (exact) mass is 281 g/mol. The first-order valence-corrected chi connectivity index (χ1v) is 5.59. The molecule has 0 bridgehead atoms. The number of halogens is 4. The number of rotatable bonds is 3. The maximum absolute atomic E-state index is 12.3. The van der Waals surface area contributed by atoms with Crippen LogP contribution in [0, 0.1) is 0 Å². The summed E-state index contributed by atoms with van der Waals surface area (Å²) in [5, 5.41) is 3.26. The molecule has 0 aliphatic carbocycles. The third-order valence-electron chi connectivity index (χ3n) is 2.80. The van der Waals surface area contributed by atoms with Crippen LogP contribution in [-0.4, -0.2) is 19.2 Å². The summed E-state index contributed by atoms with van der Waals surface area (Å²) in [6.07, 6.45) is -2.10. The summed E-state index contributed by atoms with van der Waals surface area (Å²) < 4.78 is 42.3. The van der Waals surface area contributed by atoms with Crippen molar-refractivity contribution >= 4 is 12.4 Å². The Kier molecular flexibility index (Phi) is 5.28. The molecule has 1 aliphatic rings. The zero-order chi connectivity index (χ0) is 12.3. The first kappa shape index (κ1) is 15.1. The minimum atomic E-state index is -4.29. The van der Waals surface area contributed by atoms with Gasteiger partial charge in [0.1, 0.15) is 12.4 Å². The van der Waals surface area contributed by atoms with Gasteiger partial charge in [-0.2, -0.15) is 13.2 Å². The fourth-order valence-corrected chi connectivity index (χ4v) is 1.84. The summed E-state index contributed by atoms with van der Waals surface area (Å²) in [6.45, 7) is 1.49. The molecule has 0 radical (unpaired) electrons. The van der Waals surface area contributed by atoms with E-state index in [9.17, 15) is 13.2 Å². The van der Waals surface area contributed by atoms with Gasteiger partial charge in [-0.05, 0) is 43.7 Å². The Labute approximate surface area is 110 Å². The van der Waals surface area contributed by atoms with Crippen LogP contribution in [-0.2, 0) is 6.18 Å². The molecule has 1 heterocycles. The first-order valence-electron chi connectivity index (χ1n) is 5.59. The highest BCUT2D eigenvalue weighted by atomic mass is 35.5. The van der Waals surface area contributed by atoms with Gasteiger partial charge in [-0.1, -0.05) is 0 Å². The van der Waals surface area contributed by atoms with Crippen LogP contribution < -0.4 is 10.1 Å². The topological polar surface area (TPSA) is 21.3 Å². The summed E-state index contributed by atoms with van der Waals surface area (Å²) in [5.41, 5.74) is -0.649. The molecule has 1 aliphatic heterocycles. The largest absolute Gasteiger partial charge is 0.492 e. The molecule has 0 saturated carbocycles. The number of ether oxygens (including phenoxy) is 1. The molecule has 1 fully saturated rings. The number of alkyl halides is 3. The van der Waals surface area contributed by atoms with E-state index in [-0.39, 0.29) is 12.4 Å². The molecule has 1 saturated heterocycles. The van der Waals surface area contributed by atoms with Gasteiger partial charge in [0.25, 0.3) is 0 Å². The van der Waals surface area contributed by atoms with Crippen molar-refractivity contribution in [2.45, 2.75) is 25.1 Å². The lowest BCUT2D eigenvalue weighted by molar-refractivity contribution is -0.137. The zero-order valence-electron chi connectivity index (χ0n) is 9.67. The van der Waals surface area contributed by atoms with Crippen molar-refractivity contribution in [1.29, 1.82) is 0 Å². The Morgan fingerprint density at radius 1 is 1.22 bits per heavy atom. The summed E-state index contributed by atoms with van der Waals surface area (Å²) >= 11 is 0. The van der Waals surface area contributed by atoms with Gasteiger partial charge in [0.2, 0.25) is 0 Å². The standard InChI is InChI=1S/C12H14F3NO.ClH/c13-12(14,15)9-3-5-11(6-4-9)17-8-10-2-1-7-16-10;/h3-6,10,16H,1-2,7-8H2;1H. The second kappa shape index (κ2) is 6.29. The van der Waals surface area contributed by atoms with E-state index in [1.165, 1.54) is 12.1 Å². The molecule has 0 spiro atoms.